The summed E-state index contributed by atoms with van der Waals surface area (Å²) in [6, 6.07) is 11.9. The summed E-state index contributed by atoms with van der Waals surface area (Å²) in [5.41, 5.74) is 4.90. The van der Waals surface area contributed by atoms with E-state index in [-0.39, 0.29) is 11.9 Å². The number of carbonyl (C=O) groups is 1. The zero-order valence-electron chi connectivity index (χ0n) is 18.8. The zero-order valence-corrected chi connectivity index (χ0v) is 18.8. The third-order valence-corrected chi connectivity index (χ3v) is 6.14. The van der Waals surface area contributed by atoms with Crippen molar-refractivity contribution in [2.45, 2.75) is 46.7 Å². The molecular weight excluding hydrogens is 402 g/mol. The van der Waals surface area contributed by atoms with Crippen molar-refractivity contribution in [3.8, 4) is 11.8 Å². The Morgan fingerprint density at radius 1 is 1.22 bits per heavy atom. The molecule has 0 spiro atoms. The average molecular weight is 430 g/mol. The molecule has 2 aromatic heterocycles. The smallest absolute Gasteiger partial charge is 0.273 e. The molecule has 1 aliphatic heterocycles. The lowest BCUT2D eigenvalue weighted by Crippen LogP contribution is -2.36. The van der Waals surface area contributed by atoms with Crippen LogP contribution in [0.2, 0.25) is 0 Å². The van der Waals surface area contributed by atoms with E-state index in [2.05, 4.69) is 51.5 Å². The highest BCUT2D eigenvalue weighted by atomic mass is 16.2. The number of nitrogens with zero attached hydrogens (tertiary/aromatic N) is 6. The molecule has 164 valence electrons. The predicted molar refractivity (Wildman–Crippen MR) is 122 cm³/mol. The molecule has 0 radical (unpaired) electrons. The van der Waals surface area contributed by atoms with Crippen LogP contribution in [0.3, 0.4) is 0 Å². The highest BCUT2D eigenvalue weighted by Gasteiger charge is 2.25. The summed E-state index contributed by atoms with van der Waals surface area (Å²) in [5, 5.41) is 20.9. The van der Waals surface area contributed by atoms with E-state index in [1.165, 1.54) is 5.56 Å². The Labute approximate surface area is 187 Å². The van der Waals surface area contributed by atoms with Gasteiger partial charge in [-0.25, -0.2) is 9.67 Å². The van der Waals surface area contributed by atoms with Crippen LogP contribution >= 0.6 is 0 Å². The maximum absolute atomic E-state index is 12.7. The topological polar surface area (TPSA) is 99.7 Å². The molecule has 1 amide bonds. The highest BCUT2D eigenvalue weighted by Crippen LogP contribution is 2.29. The number of carbonyl (C=O) groups excluding carboxylic acids is 1. The molecule has 8 nitrogen and oxygen atoms in total. The third kappa shape index (κ3) is 3.94. The van der Waals surface area contributed by atoms with Gasteiger partial charge in [0.15, 0.2) is 5.69 Å². The van der Waals surface area contributed by atoms with Crippen molar-refractivity contribution in [3.05, 3.63) is 64.6 Å². The van der Waals surface area contributed by atoms with Crippen molar-refractivity contribution in [3.63, 3.8) is 0 Å². The Morgan fingerprint density at radius 3 is 2.78 bits per heavy atom. The first-order chi connectivity index (χ1) is 15.4. The first kappa shape index (κ1) is 21.5. The van der Waals surface area contributed by atoms with Gasteiger partial charge in [0.1, 0.15) is 11.9 Å². The summed E-state index contributed by atoms with van der Waals surface area (Å²) in [5.74, 6) is 0.838. The second-order valence-electron chi connectivity index (χ2n) is 8.51. The Balaban J connectivity index is 1.63. The average Bonchev–Trinajstić information content (AvgIpc) is 3.19. The number of amides is 1. The van der Waals surface area contributed by atoms with Crippen LogP contribution in [-0.4, -0.2) is 38.5 Å². The van der Waals surface area contributed by atoms with Gasteiger partial charge in [0, 0.05) is 25.3 Å². The van der Waals surface area contributed by atoms with E-state index in [0.717, 1.165) is 24.2 Å². The molecule has 1 aliphatic rings. The fourth-order valence-corrected chi connectivity index (χ4v) is 3.91. The maximum Gasteiger partial charge on any atom is 0.273 e. The molecule has 32 heavy (non-hydrogen) atoms. The number of nitrogens with one attached hydrogen (secondary N) is 1. The minimum absolute atomic E-state index is 0.0485. The van der Waals surface area contributed by atoms with Gasteiger partial charge in [-0.05, 0) is 55.5 Å². The summed E-state index contributed by atoms with van der Waals surface area (Å²) in [6.45, 7) is 9.39. The number of anilines is 1. The van der Waals surface area contributed by atoms with Gasteiger partial charge in [0.2, 0.25) is 0 Å². The highest BCUT2D eigenvalue weighted by molar-refractivity contribution is 5.93. The molecule has 3 aromatic rings. The van der Waals surface area contributed by atoms with E-state index in [1.54, 1.807) is 23.0 Å². The van der Waals surface area contributed by atoms with Gasteiger partial charge in [0.25, 0.3) is 5.91 Å². The Kier molecular flexibility index (Phi) is 5.91. The van der Waals surface area contributed by atoms with Crippen molar-refractivity contribution in [2.75, 3.05) is 11.4 Å². The first-order valence-corrected chi connectivity index (χ1v) is 10.8. The second kappa shape index (κ2) is 8.79. The largest absolute Gasteiger partial charge is 0.351 e. The standard InChI is InChI=1S/C24H27N7O/c1-15(2)16(3)27-24(32)22-17(4)31(29-28-22)21-9-5-7-19-14-30(12-10-20(19)21)23-18(13-25)8-6-11-26-23/h5-9,11,15-16H,10,12,14H2,1-4H3,(H,27,32)/t16-/m0/s1. The molecule has 0 fully saturated rings. The van der Waals surface area contributed by atoms with Gasteiger partial charge in [-0.2, -0.15) is 5.26 Å². The molecule has 0 bridgehead atoms. The van der Waals surface area contributed by atoms with Crippen LogP contribution in [0.4, 0.5) is 5.82 Å². The lowest BCUT2D eigenvalue weighted by Gasteiger charge is -2.31. The van der Waals surface area contributed by atoms with Crippen LogP contribution in [0.5, 0.6) is 0 Å². The van der Waals surface area contributed by atoms with Gasteiger partial charge < -0.3 is 10.2 Å². The van der Waals surface area contributed by atoms with Crippen LogP contribution in [0, 0.1) is 24.2 Å². The molecule has 1 aromatic carbocycles. The first-order valence-electron chi connectivity index (χ1n) is 10.8. The van der Waals surface area contributed by atoms with Gasteiger partial charge in [-0.1, -0.05) is 31.2 Å². The molecule has 0 saturated carbocycles. The molecular formula is C24H27N7O. The van der Waals surface area contributed by atoms with Gasteiger partial charge in [-0.3, -0.25) is 4.79 Å². The third-order valence-electron chi connectivity index (χ3n) is 6.14. The van der Waals surface area contributed by atoms with Crippen molar-refractivity contribution in [1.82, 2.24) is 25.3 Å². The quantitative estimate of drug-likeness (QED) is 0.669. The van der Waals surface area contributed by atoms with Crippen LogP contribution in [-0.2, 0) is 13.0 Å². The van der Waals surface area contributed by atoms with E-state index in [9.17, 15) is 10.1 Å². The van der Waals surface area contributed by atoms with E-state index in [1.807, 2.05) is 26.0 Å². The molecule has 4 rings (SSSR count). The summed E-state index contributed by atoms with van der Waals surface area (Å²) in [6.07, 6.45) is 2.49. The Hall–Kier alpha value is -3.73. The summed E-state index contributed by atoms with van der Waals surface area (Å²) in [4.78, 5) is 19.3. The van der Waals surface area contributed by atoms with Crippen molar-refractivity contribution in [1.29, 1.82) is 5.26 Å². The lowest BCUT2D eigenvalue weighted by atomic mass is 9.97. The molecule has 8 heteroatoms. The summed E-state index contributed by atoms with van der Waals surface area (Å²) >= 11 is 0. The number of fused-ring (bicyclic) bond motifs is 1. The molecule has 1 N–H and O–H groups in total. The predicted octanol–water partition coefficient (Wildman–Crippen LogP) is 3.18. The molecule has 0 unspecified atom stereocenters. The van der Waals surface area contributed by atoms with Crippen LogP contribution in [0.25, 0.3) is 5.69 Å². The number of hydrogen-bond donors (Lipinski definition) is 1. The van der Waals surface area contributed by atoms with E-state index >= 15 is 0 Å². The number of nitriles is 1. The fraction of sp³-hybridized carbons (Fsp3) is 0.375. The minimum atomic E-state index is -0.204. The SMILES string of the molecule is Cc1c(C(=O)N[C@@H](C)C(C)C)nnn1-c1cccc2c1CCN(c1ncccc1C#N)C2. The lowest BCUT2D eigenvalue weighted by molar-refractivity contribution is 0.0924. The molecule has 1 atom stereocenters. The Bertz CT molecular complexity index is 1190. The van der Waals surface area contributed by atoms with E-state index < -0.39 is 0 Å². The van der Waals surface area contributed by atoms with E-state index in [0.29, 0.717) is 35.2 Å². The molecule has 0 saturated heterocycles. The zero-order chi connectivity index (χ0) is 22.8. The molecule has 3 heterocycles. The monoisotopic (exact) mass is 429 g/mol. The van der Waals surface area contributed by atoms with Gasteiger partial charge in [-0.15, -0.1) is 5.10 Å². The van der Waals surface area contributed by atoms with Gasteiger partial charge >= 0.3 is 0 Å². The van der Waals surface area contributed by atoms with Gasteiger partial charge in [0.05, 0.1) is 16.9 Å². The maximum atomic E-state index is 12.7. The van der Waals surface area contributed by atoms with Crippen molar-refractivity contribution < 1.29 is 4.79 Å². The van der Waals surface area contributed by atoms with Crippen molar-refractivity contribution in [2.24, 2.45) is 5.92 Å². The number of rotatable bonds is 5. The number of aromatic nitrogens is 4. The summed E-state index contributed by atoms with van der Waals surface area (Å²) < 4.78 is 1.75. The number of hydrogen-bond acceptors (Lipinski definition) is 6. The van der Waals surface area contributed by atoms with Crippen LogP contribution in [0.1, 0.15) is 53.6 Å². The number of benzene rings is 1. The van der Waals surface area contributed by atoms with Crippen LogP contribution < -0.4 is 10.2 Å². The normalized spacial score (nSPS) is 14.1. The summed E-state index contributed by atoms with van der Waals surface area (Å²) in [7, 11) is 0. The van der Waals surface area contributed by atoms with E-state index in [4.69, 9.17) is 0 Å². The number of pyridine rings is 1. The minimum Gasteiger partial charge on any atom is -0.351 e. The van der Waals surface area contributed by atoms with Crippen LogP contribution in [0.15, 0.2) is 36.5 Å². The van der Waals surface area contributed by atoms with Crippen molar-refractivity contribution >= 4 is 11.7 Å². The molecule has 0 aliphatic carbocycles. The second-order valence-corrected chi connectivity index (χ2v) is 8.51. The Morgan fingerprint density at radius 2 is 2.03 bits per heavy atom. The fourth-order valence-electron chi connectivity index (χ4n) is 3.91.